The van der Waals surface area contributed by atoms with Crippen LogP contribution in [0.3, 0.4) is 0 Å². The molecule has 0 aliphatic heterocycles. The highest BCUT2D eigenvalue weighted by molar-refractivity contribution is 6.32. The summed E-state index contributed by atoms with van der Waals surface area (Å²) in [5.74, 6) is 1.10. The van der Waals surface area contributed by atoms with Gasteiger partial charge in [0.1, 0.15) is 13.6 Å². The Bertz CT molecular complexity index is 650. The summed E-state index contributed by atoms with van der Waals surface area (Å²) in [6.07, 6.45) is 3.25. The minimum Gasteiger partial charge on any atom is -0.493 e. The van der Waals surface area contributed by atoms with Crippen molar-refractivity contribution in [1.82, 2.24) is 0 Å². The molecular weight excluding hydrogens is 255 g/mol. The average Bonchev–Trinajstić information content (AvgIpc) is 3.33. The van der Waals surface area contributed by atoms with E-state index in [0.717, 1.165) is 24.2 Å². The second-order valence-corrected chi connectivity index (χ2v) is 5.44. The van der Waals surface area contributed by atoms with Crippen LogP contribution >= 0.6 is 0 Å². The summed E-state index contributed by atoms with van der Waals surface area (Å²) in [6.45, 7) is 2.76. The number of benzene rings is 2. The van der Waals surface area contributed by atoms with Crippen LogP contribution in [0.15, 0.2) is 54.1 Å². The topological polar surface area (TPSA) is 9.23 Å². The Morgan fingerprint density at radius 2 is 1.76 bits per heavy atom. The fourth-order valence-corrected chi connectivity index (χ4v) is 2.56. The van der Waals surface area contributed by atoms with Gasteiger partial charge in [-0.15, -0.1) is 0 Å². The molecular formula is C19H19BO. The maximum atomic E-state index is 5.91. The van der Waals surface area contributed by atoms with E-state index in [0.29, 0.717) is 0 Å². The highest BCUT2D eigenvalue weighted by Crippen LogP contribution is 2.38. The Labute approximate surface area is 128 Å². The predicted molar refractivity (Wildman–Crippen MR) is 88.9 cm³/mol. The van der Waals surface area contributed by atoms with E-state index in [1.54, 1.807) is 0 Å². The van der Waals surface area contributed by atoms with Crippen LogP contribution in [0.25, 0.3) is 5.76 Å². The van der Waals surface area contributed by atoms with Crippen LogP contribution in [0.2, 0.25) is 0 Å². The van der Waals surface area contributed by atoms with E-state index in [1.807, 2.05) is 19.1 Å². The van der Waals surface area contributed by atoms with Crippen molar-refractivity contribution in [2.45, 2.75) is 26.2 Å². The van der Waals surface area contributed by atoms with Crippen molar-refractivity contribution in [3.8, 4) is 0 Å². The van der Waals surface area contributed by atoms with E-state index in [2.05, 4.69) is 36.4 Å². The van der Waals surface area contributed by atoms with Gasteiger partial charge in [-0.25, -0.2) is 0 Å². The van der Waals surface area contributed by atoms with E-state index < -0.39 is 0 Å². The minimum absolute atomic E-state index is 0.717. The van der Waals surface area contributed by atoms with Gasteiger partial charge in [-0.2, -0.15) is 0 Å². The highest BCUT2D eigenvalue weighted by atomic mass is 16.5. The minimum atomic E-state index is 0.717. The lowest BCUT2D eigenvalue weighted by atomic mass is 9.92. The standard InChI is InChI=1S/C19H19BO/c1-2-21-19(15-9-10-15)18-6-4-3-5-16(18)13-14-7-11-17(20)12-8-14/h3-8,11-12H,2,9-10,13H2,1H3. The number of hydrogen-bond acceptors (Lipinski definition) is 1. The molecule has 21 heavy (non-hydrogen) atoms. The third-order valence-corrected chi connectivity index (χ3v) is 3.75. The summed E-state index contributed by atoms with van der Waals surface area (Å²) in [5, 5.41) is 0. The Kier molecular flexibility index (Phi) is 4.14. The average molecular weight is 274 g/mol. The van der Waals surface area contributed by atoms with Crippen molar-refractivity contribution >= 4 is 19.1 Å². The van der Waals surface area contributed by atoms with Crippen molar-refractivity contribution in [2.75, 3.05) is 6.61 Å². The third-order valence-electron chi connectivity index (χ3n) is 3.75. The lowest BCUT2D eigenvalue weighted by molar-refractivity contribution is 0.296. The van der Waals surface area contributed by atoms with Crippen LogP contribution < -0.4 is 5.46 Å². The van der Waals surface area contributed by atoms with Crippen LogP contribution in [0.5, 0.6) is 0 Å². The van der Waals surface area contributed by atoms with Gasteiger partial charge in [-0.3, -0.25) is 0 Å². The molecule has 1 nitrogen and oxygen atoms in total. The molecule has 1 fully saturated rings. The highest BCUT2D eigenvalue weighted by Gasteiger charge is 2.22. The molecule has 0 N–H and O–H groups in total. The normalized spacial score (nSPS) is 13.1. The summed E-state index contributed by atoms with van der Waals surface area (Å²) in [6, 6.07) is 16.6. The molecule has 2 heteroatoms. The van der Waals surface area contributed by atoms with Gasteiger partial charge in [-0.1, -0.05) is 54.0 Å². The zero-order chi connectivity index (χ0) is 14.7. The van der Waals surface area contributed by atoms with Gasteiger partial charge in [0.2, 0.25) is 0 Å². The number of ether oxygens (including phenoxy) is 1. The molecule has 0 atom stereocenters. The summed E-state index contributed by atoms with van der Waals surface area (Å²) < 4.78 is 5.91. The molecule has 2 radical (unpaired) electrons. The molecule has 0 bridgehead atoms. The molecule has 0 saturated heterocycles. The van der Waals surface area contributed by atoms with Gasteiger partial charge < -0.3 is 4.74 Å². The fraction of sp³-hybridized carbons (Fsp3) is 0.263. The van der Waals surface area contributed by atoms with Crippen molar-refractivity contribution in [2.24, 2.45) is 0 Å². The first-order valence-electron chi connectivity index (χ1n) is 7.55. The van der Waals surface area contributed by atoms with Crippen molar-refractivity contribution in [1.29, 1.82) is 0 Å². The quantitative estimate of drug-likeness (QED) is 0.597. The lowest BCUT2D eigenvalue weighted by Crippen LogP contribution is -2.02. The summed E-state index contributed by atoms with van der Waals surface area (Å²) in [7, 11) is 5.76. The zero-order valence-corrected chi connectivity index (χ0v) is 12.4. The Morgan fingerprint density at radius 3 is 2.43 bits per heavy atom. The largest absolute Gasteiger partial charge is 0.493 e. The van der Waals surface area contributed by atoms with Crippen LogP contribution in [0, 0.1) is 0 Å². The van der Waals surface area contributed by atoms with Gasteiger partial charge in [0.25, 0.3) is 0 Å². The number of rotatable bonds is 5. The van der Waals surface area contributed by atoms with Crippen molar-refractivity contribution in [3.63, 3.8) is 0 Å². The summed E-state index contributed by atoms with van der Waals surface area (Å²) in [4.78, 5) is 0. The van der Waals surface area contributed by atoms with E-state index in [1.165, 1.54) is 35.1 Å². The van der Waals surface area contributed by atoms with Gasteiger partial charge >= 0.3 is 0 Å². The first kappa shape index (κ1) is 14.0. The van der Waals surface area contributed by atoms with E-state index in [-0.39, 0.29) is 0 Å². The molecule has 1 aliphatic carbocycles. The molecule has 2 aromatic carbocycles. The molecule has 3 rings (SSSR count). The molecule has 1 aliphatic rings. The van der Waals surface area contributed by atoms with Gasteiger partial charge in [0.15, 0.2) is 0 Å². The van der Waals surface area contributed by atoms with Crippen LogP contribution in [0.4, 0.5) is 0 Å². The summed E-state index contributed by atoms with van der Waals surface area (Å²) in [5.41, 5.74) is 6.07. The molecule has 0 aromatic heterocycles. The number of hydrogen-bond donors (Lipinski definition) is 0. The zero-order valence-electron chi connectivity index (χ0n) is 12.4. The Hall–Kier alpha value is -1.96. The third kappa shape index (κ3) is 3.39. The maximum absolute atomic E-state index is 5.91. The second-order valence-electron chi connectivity index (χ2n) is 5.44. The monoisotopic (exact) mass is 274 g/mol. The second kappa shape index (κ2) is 6.21. The van der Waals surface area contributed by atoms with Crippen molar-refractivity contribution < 1.29 is 4.74 Å². The van der Waals surface area contributed by atoms with Crippen LogP contribution in [-0.2, 0) is 11.2 Å². The van der Waals surface area contributed by atoms with Crippen LogP contribution in [-0.4, -0.2) is 14.5 Å². The van der Waals surface area contributed by atoms with Gasteiger partial charge in [-0.05, 0) is 42.9 Å². The van der Waals surface area contributed by atoms with E-state index >= 15 is 0 Å². The first-order chi connectivity index (χ1) is 10.3. The van der Waals surface area contributed by atoms with Gasteiger partial charge in [0, 0.05) is 5.56 Å². The van der Waals surface area contributed by atoms with E-state index in [4.69, 9.17) is 12.6 Å². The number of allylic oxidation sites excluding steroid dienone is 1. The molecule has 0 amide bonds. The van der Waals surface area contributed by atoms with Crippen LogP contribution in [0.1, 0.15) is 36.5 Å². The van der Waals surface area contributed by atoms with Gasteiger partial charge in [0.05, 0.1) is 6.61 Å². The van der Waals surface area contributed by atoms with Crippen molar-refractivity contribution in [3.05, 3.63) is 70.8 Å². The fourth-order valence-electron chi connectivity index (χ4n) is 2.56. The molecule has 104 valence electrons. The lowest BCUT2D eigenvalue weighted by Gasteiger charge is -2.14. The molecule has 1 saturated carbocycles. The summed E-state index contributed by atoms with van der Waals surface area (Å²) >= 11 is 0. The molecule has 2 aromatic rings. The molecule has 0 spiro atoms. The predicted octanol–water partition coefficient (Wildman–Crippen LogP) is 3.61. The smallest absolute Gasteiger partial charge is 0.125 e. The molecule has 0 unspecified atom stereocenters. The Morgan fingerprint density at radius 1 is 1.05 bits per heavy atom. The molecule has 0 heterocycles. The van der Waals surface area contributed by atoms with E-state index in [9.17, 15) is 0 Å². The maximum Gasteiger partial charge on any atom is 0.125 e. The SMILES string of the molecule is [B]c1ccc(Cc2ccccc2C(OCC)=C2CC2)cc1. The Balaban J connectivity index is 1.92. The first-order valence-corrected chi connectivity index (χ1v) is 7.55.